The monoisotopic (exact) mass is 301 g/mol. The molecule has 0 saturated heterocycles. The van der Waals surface area contributed by atoms with Gasteiger partial charge >= 0.3 is 0 Å². The number of aryl methyl sites for hydroxylation is 1. The molecule has 1 amide bonds. The predicted molar refractivity (Wildman–Crippen MR) is 87.8 cm³/mol. The number of fused-ring (bicyclic) bond motifs is 1. The van der Waals surface area contributed by atoms with Gasteiger partial charge in [-0.05, 0) is 25.0 Å². The summed E-state index contributed by atoms with van der Waals surface area (Å²) in [5.74, 6) is 0.147. The van der Waals surface area contributed by atoms with Gasteiger partial charge < -0.3 is 4.90 Å². The first kappa shape index (κ1) is 16.2. The lowest BCUT2D eigenvalue weighted by atomic mass is 10.2. The SMILES string of the molecule is CCCN(CCC)C(=O)CCn1ncc(=O)c2ccccc21. The van der Waals surface area contributed by atoms with Gasteiger partial charge in [0.25, 0.3) is 0 Å². The molecule has 5 heteroatoms. The van der Waals surface area contributed by atoms with Gasteiger partial charge in [-0.15, -0.1) is 0 Å². The van der Waals surface area contributed by atoms with Crippen LogP contribution in [-0.4, -0.2) is 33.7 Å². The van der Waals surface area contributed by atoms with Crippen LogP contribution in [0.3, 0.4) is 0 Å². The fourth-order valence-corrected chi connectivity index (χ4v) is 2.60. The molecule has 22 heavy (non-hydrogen) atoms. The maximum Gasteiger partial charge on any atom is 0.224 e. The van der Waals surface area contributed by atoms with Crippen LogP contribution < -0.4 is 5.43 Å². The molecule has 2 aromatic rings. The van der Waals surface area contributed by atoms with E-state index in [2.05, 4.69) is 18.9 Å². The number of hydrogen-bond donors (Lipinski definition) is 0. The minimum atomic E-state index is -0.0863. The highest BCUT2D eigenvalue weighted by Crippen LogP contribution is 2.09. The maximum absolute atomic E-state index is 12.3. The number of carbonyl (C=O) groups is 1. The zero-order valence-electron chi connectivity index (χ0n) is 13.3. The number of amides is 1. The standard InChI is InChI=1S/C17H23N3O2/c1-3-10-19(11-4-2)17(22)9-12-20-15-8-6-5-7-14(15)16(21)13-18-20/h5-8,13H,3-4,9-12H2,1-2H3. The number of benzene rings is 1. The van der Waals surface area contributed by atoms with E-state index in [4.69, 9.17) is 0 Å². The molecule has 1 aromatic carbocycles. The minimum absolute atomic E-state index is 0.0863. The summed E-state index contributed by atoms with van der Waals surface area (Å²) in [7, 11) is 0. The zero-order chi connectivity index (χ0) is 15.9. The average Bonchev–Trinajstić information content (AvgIpc) is 2.54. The first-order valence-corrected chi connectivity index (χ1v) is 7.90. The summed E-state index contributed by atoms with van der Waals surface area (Å²) in [6.07, 6.45) is 3.65. The van der Waals surface area contributed by atoms with Crippen LogP contribution in [0.15, 0.2) is 35.3 Å². The molecule has 0 aliphatic rings. The second-order valence-electron chi connectivity index (χ2n) is 5.38. The van der Waals surface area contributed by atoms with Gasteiger partial charge in [-0.25, -0.2) is 0 Å². The summed E-state index contributed by atoms with van der Waals surface area (Å²) < 4.78 is 1.74. The highest BCUT2D eigenvalue weighted by Gasteiger charge is 2.12. The molecule has 0 atom stereocenters. The quantitative estimate of drug-likeness (QED) is 0.789. The van der Waals surface area contributed by atoms with Crippen molar-refractivity contribution >= 4 is 16.8 Å². The van der Waals surface area contributed by atoms with Crippen LogP contribution in [0.5, 0.6) is 0 Å². The number of aromatic nitrogens is 2. The largest absolute Gasteiger partial charge is 0.343 e. The lowest BCUT2D eigenvalue weighted by Gasteiger charge is -2.21. The van der Waals surface area contributed by atoms with Gasteiger partial charge in [0.15, 0.2) is 0 Å². The van der Waals surface area contributed by atoms with E-state index in [-0.39, 0.29) is 11.3 Å². The van der Waals surface area contributed by atoms with Gasteiger partial charge in [0, 0.05) is 24.9 Å². The normalized spacial score (nSPS) is 10.8. The lowest BCUT2D eigenvalue weighted by Crippen LogP contribution is -2.33. The molecule has 0 aliphatic heterocycles. The Bertz CT molecular complexity index is 688. The number of hydrogen-bond acceptors (Lipinski definition) is 3. The number of nitrogens with zero attached hydrogens (tertiary/aromatic N) is 3. The number of carbonyl (C=O) groups excluding carboxylic acids is 1. The summed E-state index contributed by atoms with van der Waals surface area (Å²) in [4.78, 5) is 26.0. The number of rotatable bonds is 7. The van der Waals surface area contributed by atoms with Crippen molar-refractivity contribution in [3.05, 3.63) is 40.7 Å². The van der Waals surface area contributed by atoms with Crippen molar-refractivity contribution in [2.24, 2.45) is 0 Å². The summed E-state index contributed by atoms with van der Waals surface area (Å²) >= 11 is 0. The Kier molecular flexibility index (Phi) is 5.69. The summed E-state index contributed by atoms with van der Waals surface area (Å²) in [5.41, 5.74) is 0.692. The van der Waals surface area contributed by atoms with Gasteiger partial charge in [-0.3, -0.25) is 14.3 Å². The van der Waals surface area contributed by atoms with Crippen molar-refractivity contribution in [3.8, 4) is 0 Å². The Morgan fingerprint density at radius 3 is 2.55 bits per heavy atom. The molecule has 2 rings (SSSR count). The molecule has 1 aromatic heterocycles. The molecule has 0 fully saturated rings. The highest BCUT2D eigenvalue weighted by atomic mass is 16.2. The molecule has 1 heterocycles. The minimum Gasteiger partial charge on any atom is -0.343 e. The van der Waals surface area contributed by atoms with Crippen molar-refractivity contribution in [1.29, 1.82) is 0 Å². The molecule has 0 spiro atoms. The van der Waals surface area contributed by atoms with E-state index < -0.39 is 0 Å². The fraction of sp³-hybridized carbons (Fsp3) is 0.471. The molecule has 0 N–H and O–H groups in total. The topological polar surface area (TPSA) is 55.2 Å². The smallest absolute Gasteiger partial charge is 0.224 e. The van der Waals surface area contributed by atoms with Crippen LogP contribution >= 0.6 is 0 Å². The van der Waals surface area contributed by atoms with E-state index >= 15 is 0 Å². The highest BCUT2D eigenvalue weighted by molar-refractivity contribution is 5.79. The van der Waals surface area contributed by atoms with E-state index in [1.807, 2.05) is 23.1 Å². The van der Waals surface area contributed by atoms with E-state index in [9.17, 15) is 9.59 Å². The molecule has 0 aliphatic carbocycles. The van der Waals surface area contributed by atoms with E-state index in [1.54, 1.807) is 10.7 Å². The molecule has 5 nitrogen and oxygen atoms in total. The van der Waals surface area contributed by atoms with E-state index in [0.717, 1.165) is 31.4 Å². The van der Waals surface area contributed by atoms with Crippen LogP contribution in [0.1, 0.15) is 33.1 Å². The Labute approximate surface area is 130 Å². The Balaban J connectivity index is 2.13. The van der Waals surface area contributed by atoms with Crippen molar-refractivity contribution in [3.63, 3.8) is 0 Å². The maximum atomic E-state index is 12.3. The van der Waals surface area contributed by atoms with Crippen molar-refractivity contribution < 1.29 is 4.79 Å². The Hall–Kier alpha value is -2.17. The third kappa shape index (κ3) is 3.72. The predicted octanol–water partition coefficient (Wildman–Crippen LogP) is 2.44. The van der Waals surface area contributed by atoms with E-state index in [1.165, 1.54) is 6.20 Å². The van der Waals surface area contributed by atoms with Crippen LogP contribution in [0.25, 0.3) is 10.9 Å². The summed E-state index contributed by atoms with van der Waals surface area (Å²) in [6, 6.07) is 7.37. The molecule has 0 bridgehead atoms. The zero-order valence-corrected chi connectivity index (χ0v) is 13.3. The van der Waals surface area contributed by atoms with Crippen LogP contribution in [0.2, 0.25) is 0 Å². The second kappa shape index (κ2) is 7.73. The molecular formula is C17H23N3O2. The van der Waals surface area contributed by atoms with Gasteiger partial charge in [0.1, 0.15) is 0 Å². The summed E-state index contributed by atoms with van der Waals surface area (Å²) in [6.45, 7) is 6.24. The molecular weight excluding hydrogens is 278 g/mol. The third-order valence-electron chi connectivity index (χ3n) is 3.64. The summed E-state index contributed by atoms with van der Waals surface area (Å²) in [5, 5.41) is 4.81. The third-order valence-corrected chi connectivity index (χ3v) is 3.64. The Morgan fingerprint density at radius 2 is 1.86 bits per heavy atom. The van der Waals surface area contributed by atoms with Crippen molar-refractivity contribution in [2.45, 2.75) is 39.7 Å². The van der Waals surface area contributed by atoms with Crippen LogP contribution in [0, 0.1) is 0 Å². The fourth-order valence-electron chi connectivity index (χ4n) is 2.60. The van der Waals surface area contributed by atoms with Crippen LogP contribution in [0.4, 0.5) is 0 Å². The van der Waals surface area contributed by atoms with Gasteiger partial charge in [0.2, 0.25) is 11.3 Å². The van der Waals surface area contributed by atoms with Crippen molar-refractivity contribution in [2.75, 3.05) is 13.1 Å². The lowest BCUT2D eigenvalue weighted by molar-refractivity contribution is -0.131. The first-order valence-electron chi connectivity index (χ1n) is 7.90. The van der Waals surface area contributed by atoms with Crippen LogP contribution in [-0.2, 0) is 11.3 Å². The van der Waals surface area contributed by atoms with Crippen molar-refractivity contribution in [1.82, 2.24) is 14.7 Å². The average molecular weight is 301 g/mol. The number of para-hydroxylation sites is 1. The molecule has 0 saturated carbocycles. The van der Waals surface area contributed by atoms with Gasteiger partial charge in [-0.2, -0.15) is 5.10 Å². The van der Waals surface area contributed by atoms with E-state index in [0.29, 0.717) is 18.4 Å². The molecule has 0 radical (unpaired) electrons. The second-order valence-corrected chi connectivity index (χ2v) is 5.38. The van der Waals surface area contributed by atoms with Gasteiger partial charge in [-0.1, -0.05) is 26.0 Å². The Morgan fingerprint density at radius 1 is 1.18 bits per heavy atom. The van der Waals surface area contributed by atoms with Gasteiger partial charge in [0.05, 0.1) is 18.3 Å². The molecule has 118 valence electrons. The first-order chi connectivity index (χ1) is 10.7. The molecule has 0 unspecified atom stereocenters.